The van der Waals surface area contributed by atoms with E-state index < -0.39 is 5.41 Å². The first-order chi connectivity index (χ1) is 28.7. The van der Waals surface area contributed by atoms with Crippen molar-refractivity contribution in [2.75, 3.05) is 5.32 Å². The summed E-state index contributed by atoms with van der Waals surface area (Å²) in [5.41, 5.74) is 17.0. The molecule has 0 atom stereocenters. The molecule has 2 aliphatic rings. The van der Waals surface area contributed by atoms with Crippen LogP contribution in [0.1, 0.15) is 22.3 Å². The average Bonchev–Trinajstić information content (AvgIpc) is 3.80. The summed E-state index contributed by atoms with van der Waals surface area (Å²) in [5.74, 6) is 0. The Bertz CT molecular complexity index is 3180. The van der Waals surface area contributed by atoms with Crippen LogP contribution in [0, 0.1) is 0 Å². The highest BCUT2D eigenvalue weighted by molar-refractivity contribution is 7.99. The topological polar surface area (TPSA) is 12.0 Å². The average molecular weight is 774 g/mol. The lowest BCUT2D eigenvalue weighted by atomic mass is 9.67. The van der Waals surface area contributed by atoms with Crippen LogP contribution in [0.15, 0.2) is 216 Å². The highest BCUT2D eigenvalue weighted by Crippen LogP contribution is 2.63. The van der Waals surface area contributed by atoms with Gasteiger partial charge in [0.2, 0.25) is 0 Å². The van der Waals surface area contributed by atoms with Gasteiger partial charge in [-0.15, -0.1) is 11.3 Å². The van der Waals surface area contributed by atoms with Crippen LogP contribution in [0.4, 0.5) is 11.4 Å². The van der Waals surface area contributed by atoms with Gasteiger partial charge in [-0.2, -0.15) is 0 Å². The smallest absolute Gasteiger partial charge is 0.0735 e. The zero-order valence-corrected chi connectivity index (χ0v) is 33.1. The Balaban J connectivity index is 0.982. The molecule has 10 aromatic rings. The molecule has 58 heavy (non-hydrogen) atoms. The predicted molar refractivity (Wildman–Crippen MR) is 247 cm³/mol. The van der Waals surface area contributed by atoms with Gasteiger partial charge < -0.3 is 5.32 Å². The number of nitrogens with one attached hydrogen (secondary N) is 1. The van der Waals surface area contributed by atoms with Crippen LogP contribution in [-0.4, -0.2) is 0 Å². The second-order valence-corrected chi connectivity index (χ2v) is 17.4. The quantitative estimate of drug-likeness (QED) is 0.187. The molecule has 1 aliphatic carbocycles. The minimum Gasteiger partial charge on any atom is -0.355 e. The summed E-state index contributed by atoms with van der Waals surface area (Å²) in [6, 6.07) is 76.3. The molecule has 0 fully saturated rings. The normalized spacial score (nSPS) is 13.2. The minimum absolute atomic E-state index is 0.415. The van der Waals surface area contributed by atoms with E-state index in [4.69, 9.17) is 0 Å². The van der Waals surface area contributed by atoms with Crippen molar-refractivity contribution < 1.29 is 0 Å². The molecule has 12 rings (SSSR count). The van der Waals surface area contributed by atoms with Gasteiger partial charge in [-0.25, -0.2) is 0 Å². The van der Waals surface area contributed by atoms with Gasteiger partial charge in [0.05, 0.1) is 5.41 Å². The lowest BCUT2D eigenvalue weighted by molar-refractivity contribution is 0.723. The van der Waals surface area contributed by atoms with Crippen LogP contribution in [-0.2, 0) is 5.41 Å². The van der Waals surface area contributed by atoms with Crippen LogP contribution >= 0.6 is 23.1 Å². The maximum absolute atomic E-state index is 3.82. The fraction of sp³-hybridized carbons (Fsp3) is 0.0182. The van der Waals surface area contributed by atoms with E-state index in [1.807, 2.05) is 23.1 Å². The molecule has 1 aliphatic heterocycles. The fourth-order valence-corrected chi connectivity index (χ4v) is 12.0. The standard InChI is InChI=1S/C55H35NS2/c1-2-13-35(14-3-1)38-31-39(33-41(32-38)56-40-28-25-36(26-29-40)37-27-30-52-46(34-37)45-17-6-10-23-51(45)57-52)42-18-12-22-50-54(42)58-53-24-11-9-21-49(53)55(50)47-19-7-4-15-43(47)44-16-5-8-20-48(44)55/h1-34,56H. The van der Waals surface area contributed by atoms with Crippen molar-refractivity contribution in [1.29, 1.82) is 0 Å². The molecule has 0 unspecified atom stereocenters. The summed E-state index contributed by atoms with van der Waals surface area (Å²) in [6.07, 6.45) is 0. The molecule has 272 valence electrons. The number of benzene rings is 9. The first-order valence-corrected chi connectivity index (χ1v) is 21.5. The molecule has 0 saturated carbocycles. The molecular weight excluding hydrogens is 739 g/mol. The molecule has 3 heteroatoms. The molecule has 1 N–H and O–H groups in total. The van der Waals surface area contributed by atoms with E-state index in [0.717, 1.165) is 11.4 Å². The van der Waals surface area contributed by atoms with E-state index in [-0.39, 0.29) is 0 Å². The van der Waals surface area contributed by atoms with Crippen molar-refractivity contribution in [1.82, 2.24) is 0 Å². The van der Waals surface area contributed by atoms with Crippen molar-refractivity contribution >= 4 is 54.6 Å². The summed E-state index contributed by atoms with van der Waals surface area (Å²) in [5, 5.41) is 6.47. The fourth-order valence-electron chi connectivity index (χ4n) is 9.58. The van der Waals surface area contributed by atoms with E-state index in [1.54, 1.807) is 0 Å². The number of anilines is 2. The zero-order valence-electron chi connectivity index (χ0n) is 31.4. The van der Waals surface area contributed by atoms with E-state index in [0.29, 0.717) is 0 Å². The van der Waals surface area contributed by atoms with E-state index in [9.17, 15) is 0 Å². The second kappa shape index (κ2) is 13.2. The Kier molecular flexibility index (Phi) is 7.63. The van der Waals surface area contributed by atoms with Crippen molar-refractivity contribution in [3.63, 3.8) is 0 Å². The molecule has 0 saturated heterocycles. The maximum atomic E-state index is 3.82. The van der Waals surface area contributed by atoms with Gasteiger partial charge in [-0.3, -0.25) is 0 Å². The Morgan fingerprint density at radius 3 is 1.76 bits per heavy atom. The number of thiophene rings is 1. The van der Waals surface area contributed by atoms with Crippen molar-refractivity contribution in [2.45, 2.75) is 15.2 Å². The molecule has 0 radical (unpaired) electrons. The predicted octanol–water partition coefficient (Wildman–Crippen LogP) is 15.6. The van der Waals surface area contributed by atoms with Crippen LogP contribution in [0.5, 0.6) is 0 Å². The third-order valence-electron chi connectivity index (χ3n) is 12.1. The van der Waals surface area contributed by atoms with Gasteiger partial charge in [0.15, 0.2) is 0 Å². The van der Waals surface area contributed by atoms with Gasteiger partial charge in [0.25, 0.3) is 0 Å². The molecule has 2 heterocycles. The molecular formula is C55H35NS2. The van der Waals surface area contributed by atoms with Crippen molar-refractivity contribution in [3.8, 4) is 44.5 Å². The lowest BCUT2D eigenvalue weighted by Crippen LogP contribution is -2.32. The third kappa shape index (κ3) is 5.10. The highest BCUT2D eigenvalue weighted by Gasteiger charge is 2.50. The first-order valence-electron chi connectivity index (χ1n) is 19.8. The Hall–Kier alpha value is -6.65. The van der Waals surface area contributed by atoms with Gasteiger partial charge in [-0.1, -0.05) is 163 Å². The minimum atomic E-state index is -0.415. The Morgan fingerprint density at radius 2 is 0.948 bits per heavy atom. The molecule has 1 nitrogen and oxygen atoms in total. The number of hydrogen-bond donors (Lipinski definition) is 1. The van der Waals surface area contributed by atoms with Crippen LogP contribution in [0.25, 0.3) is 64.7 Å². The summed E-state index contributed by atoms with van der Waals surface area (Å²) in [6.45, 7) is 0. The second-order valence-electron chi connectivity index (χ2n) is 15.3. The molecule has 1 aromatic heterocycles. The largest absolute Gasteiger partial charge is 0.355 e. The highest BCUT2D eigenvalue weighted by atomic mass is 32.2. The summed E-state index contributed by atoms with van der Waals surface area (Å²) >= 11 is 3.77. The lowest BCUT2D eigenvalue weighted by Gasteiger charge is -2.40. The van der Waals surface area contributed by atoms with Crippen LogP contribution < -0.4 is 5.32 Å². The first kappa shape index (κ1) is 33.5. The third-order valence-corrected chi connectivity index (χ3v) is 14.5. The Morgan fingerprint density at radius 1 is 0.345 bits per heavy atom. The zero-order chi connectivity index (χ0) is 38.2. The van der Waals surface area contributed by atoms with E-state index in [1.165, 1.54) is 96.7 Å². The molecule has 9 aromatic carbocycles. The molecule has 0 bridgehead atoms. The summed E-state index contributed by atoms with van der Waals surface area (Å²) in [4.78, 5) is 2.61. The SMILES string of the molecule is c1ccc(-c2cc(Nc3ccc(-c4ccc5sc6ccccc6c5c4)cc3)cc(-c3cccc4c3Sc3ccccc3C43c4ccccc4-c4ccccc43)c2)cc1. The van der Waals surface area contributed by atoms with E-state index >= 15 is 0 Å². The van der Waals surface area contributed by atoms with Gasteiger partial charge >= 0.3 is 0 Å². The van der Waals surface area contributed by atoms with Gasteiger partial charge in [0, 0.05) is 41.3 Å². The monoisotopic (exact) mass is 773 g/mol. The van der Waals surface area contributed by atoms with E-state index in [2.05, 4.69) is 212 Å². The summed E-state index contributed by atoms with van der Waals surface area (Å²) < 4.78 is 2.66. The van der Waals surface area contributed by atoms with Gasteiger partial charge in [-0.05, 0) is 121 Å². The van der Waals surface area contributed by atoms with Crippen molar-refractivity contribution in [3.05, 3.63) is 229 Å². The Labute approximate surface area is 346 Å². The number of fused-ring (bicyclic) bond motifs is 12. The van der Waals surface area contributed by atoms with Gasteiger partial charge in [0.1, 0.15) is 0 Å². The van der Waals surface area contributed by atoms with Crippen molar-refractivity contribution in [2.24, 2.45) is 0 Å². The maximum Gasteiger partial charge on any atom is 0.0735 e. The summed E-state index contributed by atoms with van der Waals surface area (Å²) in [7, 11) is 0. The molecule has 1 spiro atoms. The number of rotatable bonds is 5. The van der Waals surface area contributed by atoms with Crippen LogP contribution in [0.2, 0.25) is 0 Å². The number of hydrogen-bond acceptors (Lipinski definition) is 3. The molecule has 0 amide bonds. The van der Waals surface area contributed by atoms with Crippen LogP contribution in [0.3, 0.4) is 0 Å².